The first kappa shape index (κ1) is 12.9. The van der Waals surface area contributed by atoms with Crippen molar-refractivity contribution in [3.05, 3.63) is 24.3 Å². The minimum absolute atomic E-state index is 0. The van der Waals surface area contributed by atoms with E-state index in [1.807, 2.05) is 0 Å². The van der Waals surface area contributed by atoms with Crippen LogP contribution in [0.25, 0.3) is 0 Å². The van der Waals surface area contributed by atoms with Crippen LogP contribution in [-0.2, 0) is 4.79 Å². The number of carboxylic acids is 1. The van der Waals surface area contributed by atoms with E-state index in [0.29, 0.717) is 5.69 Å². The predicted octanol–water partition coefficient (Wildman–Crippen LogP) is 0.508. The summed E-state index contributed by atoms with van der Waals surface area (Å²) in [4.78, 5) is 10.1. The van der Waals surface area contributed by atoms with Crippen LogP contribution in [0.5, 0.6) is 5.75 Å². The van der Waals surface area contributed by atoms with Crippen LogP contribution >= 0.6 is 0 Å². The Kier molecular flexibility index (Phi) is 6.35. The van der Waals surface area contributed by atoms with Gasteiger partial charge < -0.3 is 15.5 Å². The molecule has 1 aromatic rings. The summed E-state index contributed by atoms with van der Waals surface area (Å²) in [5.41, 5.74) is 0.676. The first-order valence-electron chi connectivity index (χ1n) is 3.43. The predicted molar refractivity (Wildman–Crippen MR) is 50.0 cm³/mol. The van der Waals surface area contributed by atoms with Gasteiger partial charge in [-0.1, -0.05) is 0 Å². The maximum atomic E-state index is 10.1. The van der Waals surface area contributed by atoms with E-state index in [1.165, 1.54) is 12.1 Å². The van der Waals surface area contributed by atoms with Crippen molar-refractivity contribution in [3.8, 4) is 5.75 Å². The van der Waals surface area contributed by atoms with Crippen LogP contribution in [0, 0.1) is 0 Å². The monoisotopic (exact) mass is 206 g/mol. The third-order valence-corrected chi connectivity index (χ3v) is 1.31. The summed E-state index contributed by atoms with van der Waals surface area (Å²) < 4.78 is 0. The van der Waals surface area contributed by atoms with Crippen LogP contribution in [0.15, 0.2) is 24.3 Å². The first-order chi connectivity index (χ1) is 5.68. The largest absolute Gasteiger partial charge is 0.508 e. The number of carboxylic acid groups (broad SMARTS) is 1. The van der Waals surface area contributed by atoms with Crippen molar-refractivity contribution in [1.82, 2.24) is 0 Å². The molecular formula is C8H9KNO3. The van der Waals surface area contributed by atoms with Gasteiger partial charge in [0.25, 0.3) is 0 Å². The molecule has 0 fully saturated rings. The van der Waals surface area contributed by atoms with Crippen molar-refractivity contribution >= 4 is 63.0 Å². The van der Waals surface area contributed by atoms with E-state index in [1.54, 1.807) is 12.1 Å². The second-order valence-corrected chi connectivity index (χ2v) is 2.29. The zero-order valence-corrected chi connectivity index (χ0v) is 10.4. The van der Waals surface area contributed by atoms with Gasteiger partial charge in [-0.05, 0) is 24.3 Å². The zero-order chi connectivity index (χ0) is 8.97. The number of aromatic hydroxyl groups is 1. The second-order valence-electron chi connectivity index (χ2n) is 2.29. The molecule has 0 unspecified atom stereocenters. The van der Waals surface area contributed by atoms with Crippen molar-refractivity contribution < 1.29 is 15.0 Å². The number of hydrogen-bond donors (Lipinski definition) is 3. The van der Waals surface area contributed by atoms with E-state index in [2.05, 4.69) is 5.32 Å². The number of phenolic OH excluding ortho intramolecular Hbond substituents is 1. The van der Waals surface area contributed by atoms with Crippen LogP contribution in [0.1, 0.15) is 0 Å². The third kappa shape index (κ3) is 5.27. The number of aliphatic carboxylic acids is 1. The molecule has 0 bridgehead atoms. The van der Waals surface area contributed by atoms with Crippen LogP contribution in [-0.4, -0.2) is 74.1 Å². The van der Waals surface area contributed by atoms with Gasteiger partial charge in [0, 0.05) is 57.1 Å². The number of anilines is 1. The Morgan fingerprint density at radius 3 is 2.31 bits per heavy atom. The molecule has 5 heteroatoms. The van der Waals surface area contributed by atoms with Gasteiger partial charge >= 0.3 is 5.97 Å². The summed E-state index contributed by atoms with van der Waals surface area (Å²) in [5, 5.41) is 19.9. The SMILES string of the molecule is O=C(O)CNc1ccc(O)cc1.[K]. The van der Waals surface area contributed by atoms with E-state index < -0.39 is 5.97 Å². The topological polar surface area (TPSA) is 69.6 Å². The Hall–Kier alpha value is -0.0736. The number of nitrogens with one attached hydrogen (secondary N) is 1. The summed E-state index contributed by atoms with van der Waals surface area (Å²) in [6.07, 6.45) is 0. The molecule has 1 rings (SSSR count). The maximum Gasteiger partial charge on any atom is 0.322 e. The molecule has 1 radical (unpaired) electrons. The van der Waals surface area contributed by atoms with Gasteiger partial charge in [0.05, 0.1) is 0 Å². The van der Waals surface area contributed by atoms with E-state index in [0.717, 1.165) is 0 Å². The van der Waals surface area contributed by atoms with E-state index in [4.69, 9.17) is 10.2 Å². The normalized spacial score (nSPS) is 8.62. The fourth-order valence-electron chi connectivity index (χ4n) is 0.757. The fraction of sp³-hybridized carbons (Fsp3) is 0.125. The molecular weight excluding hydrogens is 197 g/mol. The summed E-state index contributed by atoms with van der Waals surface area (Å²) in [6, 6.07) is 6.20. The molecule has 1 aromatic carbocycles. The Balaban J connectivity index is 0.00000144. The molecule has 0 aliphatic rings. The Morgan fingerprint density at radius 1 is 1.31 bits per heavy atom. The Bertz CT molecular complexity index is 273. The maximum absolute atomic E-state index is 10.1. The molecule has 0 aliphatic heterocycles. The van der Waals surface area contributed by atoms with Crippen LogP contribution in [0.3, 0.4) is 0 Å². The number of phenols is 1. The third-order valence-electron chi connectivity index (χ3n) is 1.31. The van der Waals surface area contributed by atoms with Crippen molar-refractivity contribution in [2.75, 3.05) is 11.9 Å². The molecule has 0 atom stereocenters. The minimum atomic E-state index is -0.914. The molecule has 0 saturated carbocycles. The van der Waals surface area contributed by atoms with Crippen molar-refractivity contribution in [2.45, 2.75) is 0 Å². The van der Waals surface area contributed by atoms with Gasteiger partial charge in [-0.15, -0.1) is 0 Å². The molecule has 0 spiro atoms. The molecule has 4 nitrogen and oxygen atoms in total. The standard InChI is InChI=1S/C8H9NO3.K/c10-7-3-1-6(2-4-7)9-5-8(11)12;/h1-4,9-10H,5H2,(H,11,12);. The number of hydrogen-bond acceptors (Lipinski definition) is 3. The van der Waals surface area contributed by atoms with Crippen LogP contribution < -0.4 is 5.32 Å². The van der Waals surface area contributed by atoms with Crippen molar-refractivity contribution in [3.63, 3.8) is 0 Å². The average Bonchev–Trinajstić information content (AvgIpc) is 2.03. The summed E-state index contributed by atoms with van der Waals surface area (Å²) >= 11 is 0. The first-order valence-corrected chi connectivity index (χ1v) is 3.43. The minimum Gasteiger partial charge on any atom is -0.508 e. The van der Waals surface area contributed by atoms with Gasteiger partial charge in [0.15, 0.2) is 0 Å². The van der Waals surface area contributed by atoms with Crippen molar-refractivity contribution in [2.24, 2.45) is 0 Å². The summed E-state index contributed by atoms with van der Waals surface area (Å²) in [7, 11) is 0. The molecule has 0 heterocycles. The molecule has 0 amide bonds. The number of rotatable bonds is 3. The molecule has 13 heavy (non-hydrogen) atoms. The van der Waals surface area contributed by atoms with Gasteiger partial charge in [-0.2, -0.15) is 0 Å². The van der Waals surface area contributed by atoms with Gasteiger partial charge in [-0.25, -0.2) is 0 Å². The van der Waals surface area contributed by atoms with E-state index in [-0.39, 0.29) is 63.7 Å². The van der Waals surface area contributed by atoms with E-state index in [9.17, 15) is 4.79 Å². The van der Waals surface area contributed by atoms with Gasteiger partial charge in [0.1, 0.15) is 12.3 Å². The molecule has 0 saturated heterocycles. The zero-order valence-electron chi connectivity index (χ0n) is 7.32. The smallest absolute Gasteiger partial charge is 0.322 e. The van der Waals surface area contributed by atoms with Gasteiger partial charge in [-0.3, -0.25) is 4.79 Å². The van der Waals surface area contributed by atoms with E-state index >= 15 is 0 Å². The molecule has 3 N–H and O–H groups in total. The average molecular weight is 206 g/mol. The van der Waals surface area contributed by atoms with Crippen molar-refractivity contribution in [1.29, 1.82) is 0 Å². The molecule has 0 aliphatic carbocycles. The fourth-order valence-corrected chi connectivity index (χ4v) is 0.757. The number of benzene rings is 1. The molecule has 0 aromatic heterocycles. The Labute approximate surface area is 118 Å². The van der Waals surface area contributed by atoms with Crippen LogP contribution in [0.2, 0.25) is 0 Å². The van der Waals surface area contributed by atoms with Crippen LogP contribution in [0.4, 0.5) is 5.69 Å². The molecule has 65 valence electrons. The summed E-state index contributed by atoms with van der Waals surface area (Å²) in [5.74, 6) is -0.751. The quantitative estimate of drug-likeness (QED) is 0.498. The second kappa shape index (κ2) is 6.39. The Morgan fingerprint density at radius 2 is 1.85 bits per heavy atom. The number of carbonyl (C=O) groups is 1. The summed E-state index contributed by atoms with van der Waals surface area (Å²) in [6.45, 7) is -0.120. The van der Waals surface area contributed by atoms with Gasteiger partial charge in [0.2, 0.25) is 0 Å².